The zero-order chi connectivity index (χ0) is 22.0. The average Bonchev–Trinajstić information content (AvgIpc) is 3.12. The van der Waals surface area contributed by atoms with E-state index in [1.807, 2.05) is 17.9 Å². The highest BCUT2D eigenvalue weighted by atomic mass is 35.5. The predicted octanol–water partition coefficient (Wildman–Crippen LogP) is 4.72. The van der Waals surface area contributed by atoms with Crippen molar-refractivity contribution in [3.05, 3.63) is 64.4 Å². The van der Waals surface area contributed by atoms with E-state index in [2.05, 4.69) is 5.32 Å². The van der Waals surface area contributed by atoms with Crippen molar-refractivity contribution in [3.63, 3.8) is 0 Å². The minimum atomic E-state index is -0.278. The number of nitrogens with zero attached hydrogens (tertiary/aromatic N) is 3. The molecular weight excluding hydrogens is 419 g/mol. The van der Waals surface area contributed by atoms with Gasteiger partial charge in [0.2, 0.25) is 0 Å². The Hall–Kier alpha value is -2.80. The van der Waals surface area contributed by atoms with Crippen LogP contribution in [0.25, 0.3) is 0 Å². The first-order chi connectivity index (χ1) is 14.9. The number of halogens is 2. The molecule has 2 fully saturated rings. The molecule has 0 unspecified atom stereocenters. The summed E-state index contributed by atoms with van der Waals surface area (Å²) in [5, 5.41) is 3.52. The van der Waals surface area contributed by atoms with Crippen LogP contribution in [0.2, 0.25) is 5.02 Å². The second kappa shape index (κ2) is 9.14. The van der Waals surface area contributed by atoms with Crippen LogP contribution in [0.4, 0.5) is 19.7 Å². The molecule has 2 aliphatic heterocycles. The van der Waals surface area contributed by atoms with Crippen LogP contribution in [0.3, 0.4) is 0 Å². The molecule has 2 aliphatic rings. The average molecular weight is 445 g/mol. The van der Waals surface area contributed by atoms with Crippen molar-refractivity contribution < 1.29 is 14.0 Å². The van der Waals surface area contributed by atoms with Gasteiger partial charge in [-0.15, -0.1) is 0 Å². The number of carbonyl (C=O) groups excluding carboxylic acids is 2. The van der Waals surface area contributed by atoms with Crippen molar-refractivity contribution in [2.45, 2.75) is 32.4 Å². The second-order valence-corrected chi connectivity index (χ2v) is 8.57. The van der Waals surface area contributed by atoms with Crippen LogP contribution in [-0.2, 0) is 6.54 Å². The molecule has 6 nitrogen and oxygen atoms in total. The lowest BCUT2D eigenvalue weighted by molar-refractivity contribution is 0.139. The Morgan fingerprint density at radius 3 is 2.52 bits per heavy atom. The van der Waals surface area contributed by atoms with E-state index in [9.17, 15) is 14.0 Å². The molecule has 1 N–H and O–H groups in total. The molecule has 0 spiro atoms. The summed E-state index contributed by atoms with van der Waals surface area (Å²) in [7, 11) is 0. The molecule has 164 valence electrons. The monoisotopic (exact) mass is 444 g/mol. The predicted molar refractivity (Wildman–Crippen MR) is 119 cm³/mol. The molecule has 4 amide bonds. The molecule has 0 radical (unpaired) electrons. The first kappa shape index (κ1) is 21.4. The number of amides is 4. The SMILES string of the molecule is Cc1ccc(Cl)cc1NC(=O)N1CCC(N2CCN(Cc3ccc(F)cc3)C2=O)CC1. The van der Waals surface area contributed by atoms with Gasteiger partial charge >= 0.3 is 12.1 Å². The standard InChI is InChI=1S/C23H26ClFN4O2/c1-16-2-5-18(24)14-21(16)26-22(30)27-10-8-20(9-11-27)29-13-12-28(23(29)31)15-17-3-6-19(25)7-4-17/h2-7,14,20H,8-13,15H2,1H3,(H,26,30). The largest absolute Gasteiger partial charge is 0.324 e. The lowest BCUT2D eigenvalue weighted by atomic mass is 10.0. The summed E-state index contributed by atoms with van der Waals surface area (Å²) < 4.78 is 13.1. The fourth-order valence-electron chi connectivity index (χ4n) is 4.20. The minimum absolute atomic E-state index is 0.0155. The Morgan fingerprint density at radius 2 is 1.81 bits per heavy atom. The zero-order valence-corrected chi connectivity index (χ0v) is 18.2. The third-order valence-electron chi connectivity index (χ3n) is 6.05. The molecule has 8 heteroatoms. The number of aryl methyl sites for hydroxylation is 1. The van der Waals surface area contributed by atoms with E-state index in [4.69, 9.17) is 11.6 Å². The maximum absolute atomic E-state index is 13.1. The number of benzene rings is 2. The summed E-state index contributed by atoms with van der Waals surface area (Å²) in [5.74, 6) is -0.278. The quantitative estimate of drug-likeness (QED) is 0.741. The first-order valence-electron chi connectivity index (χ1n) is 10.5. The molecule has 4 rings (SSSR count). The van der Waals surface area contributed by atoms with Crippen LogP contribution in [0.5, 0.6) is 0 Å². The van der Waals surface area contributed by atoms with Gasteiger partial charge in [0.1, 0.15) is 5.82 Å². The van der Waals surface area contributed by atoms with Gasteiger partial charge < -0.3 is 20.0 Å². The van der Waals surface area contributed by atoms with Gasteiger partial charge in [-0.2, -0.15) is 0 Å². The normalized spacial score (nSPS) is 17.4. The summed E-state index contributed by atoms with van der Waals surface area (Å²) in [4.78, 5) is 31.0. The summed E-state index contributed by atoms with van der Waals surface area (Å²) >= 11 is 6.04. The molecule has 2 heterocycles. The number of hydrogen-bond donors (Lipinski definition) is 1. The highest BCUT2D eigenvalue weighted by Gasteiger charge is 2.36. The lowest BCUT2D eigenvalue weighted by Crippen LogP contribution is -2.49. The first-order valence-corrected chi connectivity index (χ1v) is 10.9. The van der Waals surface area contributed by atoms with Gasteiger partial charge in [0.25, 0.3) is 0 Å². The second-order valence-electron chi connectivity index (χ2n) is 8.13. The maximum atomic E-state index is 13.1. The van der Waals surface area contributed by atoms with Crippen molar-refractivity contribution >= 4 is 29.4 Å². The molecule has 31 heavy (non-hydrogen) atoms. The van der Waals surface area contributed by atoms with Crippen LogP contribution >= 0.6 is 11.6 Å². The molecule has 0 saturated carbocycles. The van der Waals surface area contributed by atoms with Gasteiger partial charge in [0.05, 0.1) is 0 Å². The van der Waals surface area contributed by atoms with Gasteiger partial charge in [-0.1, -0.05) is 29.8 Å². The van der Waals surface area contributed by atoms with Gasteiger partial charge in [0, 0.05) is 49.5 Å². The van der Waals surface area contributed by atoms with Crippen molar-refractivity contribution in [2.24, 2.45) is 0 Å². The number of likely N-dealkylation sites (tertiary alicyclic amines) is 1. The summed E-state index contributed by atoms with van der Waals surface area (Å²) in [5.41, 5.74) is 2.58. The minimum Gasteiger partial charge on any atom is -0.324 e. The Labute approximate surface area is 186 Å². The fourth-order valence-corrected chi connectivity index (χ4v) is 4.37. The summed E-state index contributed by atoms with van der Waals surface area (Å²) in [6.07, 6.45) is 1.50. The van der Waals surface area contributed by atoms with Gasteiger partial charge in [-0.3, -0.25) is 0 Å². The topological polar surface area (TPSA) is 55.9 Å². The van der Waals surface area contributed by atoms with Crippen molar-refractivity contribution in [1.82, 2.24) is 14.7 Å². The van der Waals surface area contributed by atoms with E-state index in [0.717, 1.165) is 24.0 Å². The molecule has 2 saturated heterocycles. The summed E-state index contributed by atoms with van der Waals surface area (Å²) in [6, 6.07) is 11.7. The Balaban J connectivity index is 1.29. The maximum Gasteiger partial charge on any atom is 0.321 e. The number of anilines is 1. The number of nitrogens with one attached hydrogen (secondary N) is 1. The van der Waals surface area contributed by atoms with Crippen LogP contribution in [0.1, 0.15) is 24.0 Å². The fraction of sp³-hybridized carbons (Fsp3) is 0.391. The number of hydrogen-bond acceptors (Lipinski definition) is 2. The van der Waals surface area contributed by atoms with E-state index >= 15 is 0 Å². The van der Waals surface area contributed by atoms with E-state index < -0.39 is 0 Å². The number of urea groups is 2. The molecule has 0 aromatic heterocycles. The van der Waals surface area contributed by atoms with Crippen LogP contribution in [0, 0.1) is 12.7 Å². The van der Waals surface area contributed by atoms with Crippen molar-refractivity contribution in [3.8, 4) is 0 Å². The molecule has 0 atom stereocenters. The van der Waals surface area contributed by atoms with E-state index in [-0.39, 0.29) is 23.9 Å². The molecular formula is C23H26ClFN4O2. The van der Waals surface area contributed by atoms with E-state index in [1.54, 1.807) is 34.1 Å². The van der Waals surface area contributed by atoms with E-state index in [0.29, 0.717) is 43.4 Å². The van der Waals surface area contributed by atoms with Crippen LogP contribution in [0.15, 0.2) is 42.5 Å². The molecule has 2 aromatic rings. The Morgan fingerprint density at radius 1 is 1.10 bits per heavy atom. The Bertz CT molecular complexity index is 961. The van der Waals surface area contributed by atoms with Crippen molar-refractivity contribution in [2.75, 3.05) is 31.5 Å². The highest BCUT2D eigenvalue weighted by molar-refractivity contribution is 6.31. The van der Waals surface area contributed by atoms with E-state index in [1.165, 1.54) is 12.1 Å². The van der Waals surface area contributed by atoms with Crippen LogP contribution in [-0.4, -0.2) is 59.0 Å². The third kappa shape index (κ3) is 4.93. The van der Waals surface area contributed by atoms with Gasteiger partial charge in [-0.25, -0.2) is 14.0 Å². The zero-order valence-electron chi connectivity index (χ0n) is 17.5. The number of rotatable bonds is 4. The van der Waals surface area contributed by atoms with Gasteiger partial charge in [-0.05, 0) is 55.2 Å². The highest BCUT2D eigenvalue weighted by Crippen LogP contribution is 2.24. The number of carbonyl (C=O) groups is 2. The molecule has 0 bridgehead atoms. The third-order valence-corrected chi connectivity index (χ3v) is 6.28. The molecule has 0 aliphatic carbocycles. The van der Waals surface area contributed by atoms with Gasteiger partial charge in [0.15, 0.2) is 0 Å². The smallest absolute Gasteiger partial charge is 0.321 e. The lowest BCUT2D eigenvalue weighted by Gasteiger charge is -2.36. The van der Waals surface area contributed by atoms with Crippen molar-refractivity contribution in [1.29, 1.82) is 0 Å². The van der Waals surface area contributed by atoms with Crippen LogP contribution < -0.4 is 5.32 Å². The Kier molecular flexibility index (Phi) is 6.32. The number of piperidine rings is 1. The summed E-state index contributed by atoms with van der Waals surface area (Å²) in [6.45, 7) is 4.93. The molecule has 2 aromatic carbocycles.